The number of methoxy groups -OCH3 is 1. The Kier molecular flexibility index (Phi) is 3.44. The summed E-state index contributed by atoms with van der Waals surface area (Å²) in [4.78, 5) is 1.54. The van der Waals surface area contributed by atoms with E-state index in [4.69, 9.17) is 4.74 Å². The predicted molar refractivity (Wildman–Crippen MR) is 64.5 cm³/mol. The van der Waals surface area contributed by atoms with Crippen LogP contribution in [-0.2, 0) is 10.2 Å². The van der Waals surface area contributed by atoms with Crippen molar-refractivity contribution in [3.05, 3.63) is 22.4 Å². The maximum absolute atomic E-state index is 5.01. The largest absolute Gasteiger partial charge is 0.383 e. The van der Waals surface area contributed by atoms with E-state index in [0.29, 0.717) is 5.41 Å². The Labute approximate surface area is 95.6 Å². The molecule has 0 aliphatic heterocycles. The zero-order chi connectivity index (χ0) is 10.7. The molecule has 2 unspecified atom stereocenters. The minimum Gasteiger partial charge on any atom is -0.383 e. The van der Waals surface area contributed by atoms with E-state index in [9.17, 15) is 0 Å². The van der Waals surface area contributed by atoms with Crippen LogP contribution >= 0.6 is 11.3 Å². The van der Waals surface area contributed by atoms with Gasteiger partial charge in [0.05, 0.1) is 6.61 Å². The second-order valence-corrected chi connectivity index (χ2v) is 5.44. The molecule has 0 bridgehead atoms. The Bertz CT molecular complexity index is 299. The number of ether oxygens (including phenoxy) is 1. The van der Waals surface area contributed by atoms with E-state index in [1.165, 1.54) is 6.42 Å². The molecule has 84 valence electrons. The van der Waals surface area contributed by atoms with Crippen LogP contribution in [0.4, 0.5) is 0 Å². The van der Waals surface area contributed by atoms with Crippen molar-refractivity contribution < 1.29 is 4.74 Å². The van der Waals surface area contributed by atoms with Crippen molar-refractivity contribution in [1.82, 2.24) is 5.32 Å². The summed E-state index contributed by atoms with van der Waals surface area (Å²) in [5, 5.41) is 5.62. The Balaban J connectivity index is 1.75. The molecule has 0 spiro atoms. The van der Waals surface area contributed by atoms with Crippen molar-refractivity contribution >= 4 is 11.3 Å². The Hall–Kier alpha value is -0.380. The number of hydrogen-bond donors (Lipinski definition) is 1. The maximum atomic E-state index is 5.01. The van der Waals surface area contributed by atoms with Crippen molar-refractivity contribution in [2.45, 2.75) is 18.8 Å². The van der Waals surface area contributed by atoms with E-state index >= 15 is 0 Å². The minimum atomic E-state index is 0.453. The van der Waals surface area contributed by atoms with Gasteiger partial charge in [0.1, 0.15) is 0 Å². The summed E-state index contributed by atoms with van der Waals surface area (Å²) in [5.41, 5.74) is 0.453. The molecule has 1 heterocycles. The van der Waals surface area contributed by atoms with Gasteiger partial charge in [-0.2, -0.15) is 0 Å². The van der Waals surface area contributed by atoms with Crippen LogP contribution in [0.3, 0.4) is 0 Å². The van der Waals surface area contributed by atoms with Gasteiger partial charge in [-0.05, 0) is 30.3 Å². The summed E-state index contributed by atoms with van der Waals surface area (Å²) < 4.78 is 5.01. The van der Waals surface area contributed by atoms with Gasteiger partial charge in [0.25, 0.3) is 0 Å². The summed E-state index contributed by atoms with van der Waals surface area (Å²) in [6, 6.07) is 4.42. The minimum absolute atomic E-state index is 0.453. The molecule has 1 fully saturated rings. The highest BCUT2D eigenvalue weighted by Gasteiger charge is 2.51. The molecule has 2 nitrogen and oxygen atoms in total. The number of hydrogen-bond acceptors (Lipinski definition) is 3. The van der Waals surface area contributed by atoms with Crippen molar-refractivity contribution in [3.8, 4) is 0 Å². The van der Waals surface area contributed by atoms with Gasteiger partial charge in [-0.15, -0.1) is 11.3 Å². The van der Waals surface area contributed by atoms with Gasteiger partial charge in [-0.25, -0.2) is 0 Å². The Morgan fingerprint density at radius 3 is 3.20 bits per heavy atom. The highest BCUT2D eigenvalue weighted by Crippen LogP contribution is 2.54. The summed E-state index contributed by atoms with van der Waals surface area (Å²) in [5.74, 6) is 0.813. The zero-order valence-electron chi connectivity index (χ0n) is 9.45. The van der Waals surface area contributed by atoms with Crippen LogP contribution in [0, 0.1) is 5.92 Å². The monoisotopic (exact) mass is 225 g/mol. The molecule has 0 radical (unpaired) electrons. The van der Waals surface area contributed by atoms with E-state index in [1.807, 2.05) is 11.3 Å². The lowest BCUT2D eigenvalue weighted by molar-refractivity contribution is 0.199. The van der Waals surface area contributed by atoms with E-state index in [2.05, 4.69) is 29.8 Å². The predicted octanol–water partition coefficient (Wildman–Crippen LogP) is 2.26. The van der Waals surface area contributed by atoms with E-state index in [-0.39, 0.29) is 0 Å². The number of nitrogens with one attached hydrogen (secondary N) is 1. The smallest absolute Gasteiger partial charge is 0.0587 e. The van der Waals surface area contributed by atoms with E-state index in [1.54, 1.807) is 12.0 Å². The fraction of sp³-hybridized carbons (Fsp3) is 0.667. The molecule has 1 saturated carbocycles. The molecule has 0 amide bonds. The molecule has 0 aromatic carbocycles. The van der Waals surface area contributed by atoms with Crippen LogP contribution in [0.5, 0.6) is 0 Å². The zero-order valence-corrected chi connectivity index (χ0v) is 10.3. The van der Waals surface area contributed by atoms with Gasteiger partial charge in [0, 0.05) is 23.9 Å². The molecule has 1 aliphatic rings. The topological polar surface area (TPSA) is 21.3 Å². The standard InChI is InChI=1S/C12H19NOS/c1-12(11-4-3-7-15-11)8-10(12)9-13-5-6-14-2/h3-4,7,10,13H,5-6,8-9H2,1-2H3. The Morgan fingerprint density at radius 1 is 1.67 bits per heavy atom. The summed E-state index contributed by atoms with van der Waals surface area (Å²) in [7, 11) is 1.74. The van der Waals surface area contributed by atoms with Gasteiger partial charge < -0.3 is 10.1 Å². The first-order valence-electron chi connectivity index (χ1n) is 5.51. The van der Waals surface area contributed by atoms with Gasteiger partial charge in [-0.3, -0.25) is 0 Å². The quantitative estimate of drug-likeness (QED) is 0.750. The van der Waals surface area contributed by atoms with Gasteiger partial charge in [0.15, 0.2) is 0 Å². The third kappa shape index (κ3) is 2.41. The van der Waals surface area contributed by atoms with Crippen LogP contribution in [0.2, 0.25) is 0 Å². The second kappa shape index (κ2) is 4.64. The van der Waals surface area contributed by atoms with Crippen LogP contribution < -0.4 is 5.32 Å². The SMILES string of the molecule is COCCNCC1CC1(C)c1cccs1. The normalized spacial score (nSPS) is 29.3. The first-order valence-corrected chi connectivity index (χ1v) is 6.39. The number of rotatable bonds is 6. The third-order valence-electron chi connectivity index (χ3n) is 3.37. The van der Waals surface area contributed by atoms with Crippen LogP contribution in [-0.4, -0.2) is 26.8 Å². The maximum Gasteiger partial charge on any atom is 0.0587 e. The highest BCUT2D eigenvalue weighted by molar-refractivity contribution is 7.10. The van der Waals surface area contributed by atoms with Gasteiger partial charge >= 0.3 is 0 Å². The fourth-order valence-electron chi connectivity index (χ4n) is 2.11. The van der Waals surface area contributed by atoms with Crippen LogP contribution in [0.25, 0.3) is 0 Å². The first-order chi connectivity index (χ1) is 7.27. The summed E-state index contributed by atoms with van der Waals surface area (Å²) in [6.07, 6.45) is 1.33. The lowest BCUT2D eigenvalue weighted by Gasteiger charge is -2.09. The van der Waals surface area contributed by atoms with Gasteiger partial charge in [-0.1, -0.05) is 13.0 Å². The molecule has 1 aromatic rings. The van der Waals surface area contributed by atoms with Crippen molar-refractivity contribution in [2.75, 3.05) is 26.8 Å². The lowest BCUT2D eigenvalue weighted by atomic mass is 10.0. The third-order valence-corrected chi connectivity index (χ3v) is 4.52. The Morgan fingerprint density at radius 2 is 2.53 bits per heavy atom. The molecular weight excluding hydrogens is 206 g/mol. The molecular formula is C12H19NOS. The van der Waals surface area contributed by atoms with Crippen molar-refractivity contribution in [2.24, 2.45) is 5.92 Å². The lowest BCUT2D eigenvalue weighted by Crippen LogP contribution is -2.23. The highest BCUT2D eigenvalue weighted by atomic mass is 32.1. The van der Waals surface area contributed by atoms with Crippen LogP contribution in [0.1, 0.15) is 18.2 Å². The molecule has 15 heavy (non-hydrogen) atoms. The molecule has 1 N–H and O–H groups in total. The van der Waals surface area contributed by atoms with Crippen molar-refractivity contribution in [1.29, 1.82) is 0 Å². The van der Waals surface area contributed by atoms with Crippen molar-refractivity contribution in [3.63, 3.8) is 0 Å². The summed E-state index contributed by atoms with van der Waals surface area (Å²) in [6.45, 7) is 5.27. The second-order valence-electron chi connectivity index (χ2n) is 4.49. The average Bonchev–Trinajstić information content (AvgIpc) is 2.72. The molecule has 2 rings (SSSR count). The molecule has 1 aromatic heterocycles. The van der Waals surface area contributed by atoms with Gasteiger partial charge in [0.2, 0.25) is 0 Å². The van der Waals surface area contributed by atoms with E-state index < -0.39 is 0 Å². The van der Waals surface area contributed by atoms with E-state index in [0.717, 1.165) is 25.6 Å². The average molecular weight is 225 g/mol. The molecule has 0 saturated heterocycles. The first kappa shape index (κ1) is 11.1. The summed E-state index contributed by atoms with van der Waals surface area (Å²) >= 11 is 1.89. The molecule has 1 aliphatic carbocycles. The molecule has 3 heteroatoms. The fourth-order valence-corrected chi connectivity index (χ4v) is 3.09. The van der Waals surface area contributed by atoms with Crippen LogP contribution in [0.15, 0.2) is 17.5 Å². The molecule has 2 atom stereocenters. The number of thiophene rings is 1.